The summed E-state index contributed by atoms with van der Waals surface area (Å²) in [5.74, 6) is 0. The highest BCUT2D eigenvalue weighted by Crippen LogP contribution is 2.27. The minimum atomic E-state index is -0.387. The Hall–Kier alpha value is -2.49. The van der Waals surface area contributed by atoms with E-state index in [9.17, 15) is 10.1 Å². The molecule has 0 heterocycles. The molecule has 2 aromatic rings. The van der Waals surface area contributed by atoms with E-state index in [1.165, 1.54) is 6.07 Å². The van der Waals surface area contributed by atoms with Gasteiger partial charge in [-0.2, -0.15) is 0 Å². The maximum atomic E-state index is 10.9. The van der Waals surface area contributed by atoms with E-state index in [4.69, 9.17) is 0 Å². The lowest BCUT2D eigenvalue weighted by Gasteiger charge is -2.02. The van der Waals surface area contributed by atoms with Gasteiger partial charge in [0.05, 0.1) is 16.2 Å². The number of nitro groups is 1. The Balaban J connectivity index is 2.37. The van der Waals surface area contributed by atoms with Crippen LogP contribution in [0.3, 0.4) is 0 Å². The molecule has 0 aliphatic heterocycles. The maximum absolute atomic E-state index is 10.9. The van der Waals surface area contributed by atoms with E-state index in [0.717, 1.165) is 11.1 Å². The molecule has 96 valence electrons. The standard InChI is InChI=1S/C15H14N2O2/c1-11-6-3-4-7-13(11)10-16-14-8-5-9-15(12(14)2)17(18)19/h3-10H,1-2H3. The summed E-state index contributed by atoms with van der Waals surface area (Å²) in [5.41, 5.74) is 3.43. The Kier molecular flexibility index (Phi) is 3.71. The number of rotatable bonds is 3. The topological polar surface area (TPSA) is 55.5 Å². The highest BCUT2D eigenvalue weighted by atomic mass is 16.6. The molecule has 0 spiro atoms. The van der Waals surface area contributed by atoms with Crippen LogP contribution in [-0.2, 0) is 0 Å². The van der Waals surface area contributed by atoms with Gasteiger partial charge < -0.3 is 0 Å². The Labute approximate surface area is 111 Å². The molecule has 0 fully saturated rings. The normalized spacial score (nSPS) is 10.8. The van der Waals surface area contributed by atoms with E-state index in [2.05, 4.69) is 4.99 Å². The molecular formula is C15H14N2O2. The summed E-state index contributed by atoms with van der Waals surface area (Å²) in [5, 5.41) is 10.9. The van der Waals surface area contributed by atoms with Crippen molar-refractivity contribution >= 4 is 17.6 Å². The van der Waals surface area contributed by atoms with Gasteiger partial charge in [-0.15, -0.1) is 0 Å². The molecule has 0 saturated heterocycles. The fraction of sp³-hybridized carbons (Fsp3) is 0.133. The van der Waals surface area contributed by atoms with Gasteiger partial charge in [-0.05, 0) is 31.0 Å². The molecule has 4 nitrogen and oxygen atoms in total. The number of aliphatic imine (C=N–C) groups is 1. The molecule has 0 atom stereocenters. The molecule has 0 aromatic heterocycles. The Morgan fingerprint density at radius 3 is 2.53 bits per heavy atom. The van der Waals surface area contributed by atoms with Crippen molar-refractivity contribution in [2.45, 2.75) is 13.8 Å². The molecule has 0 unspecified atom stereocenters. The lowest BCUT2D eigenvalue weighted by atomic mass is 10.1. The van der Waals surface area contributed by atoms with Crippen LogP contribution in [0.4, 0.5) is 11.4 Å². The molecule has 2 aromatic carbocycles. The van der Waals surface area contributed by atoms with Crippen LogP contribution in [0.1, 0.15) is 16.7 Å². The summed E-state index contributed by atoms with van der Waals surface area (Å²) in [6.07, 6.45) is 1.74. The average Bonchev–Trinajstić information content (AvgIpc) is 2.39. The molecule has 19 heavy (non-hydrogen) atoms. The van der Waals surface area contributed by atoms with Crippen molar-refractivity contribution in [2.75, 3.05) is 0 Å². The number of nitro benzene ring substituents is 1. The van der Waals surface area contributed by atoms with Gasteiger partial charge >= 0.3 is 0 Å². The number of nitrogens with zero attached hydrogens (tertiary/aromatic N) is 2. The summed E-state index contributed by atoms with van der Waals surface area (Å²) in [4.78, 5) is 14.8. The van der Waals surface area contributed by atoms with Crippen LogP contribution in [0, 0.1) is 24.0 Å². The fourth-order valence-corrected chi connectivity index (χ4v) is 1.82. The Morgan fingerprint density at radius 2 is 1.84 bits per heavy atom. The van der Waals surface area contributed by atoms with Crippen molar-refractivity contribution in [3.05, 3.63) is 69.3 Å². The SMILES string of the molecule is Cc1ccccc1C=Nc1cccc([N+](=O)[O-])c1C. The predicted molar refractivity (Wildman–Crippen MR) is 76.3 cm³/mol. The highest BCUT2D eigenvalue weighted by molar-refractivity contribution is 5.84. The first-order valence-electron chi connectivity index (χ1n) is 5.93. The van der Waals surface area contributed by atoms with E-state index in [0.29, 0.717) is 11.3 Å². The number of aryl methyl sites for hydroxylation is 1. The van der Waals surface area contributed by atoms with E-state index in [1.54, 1.807) is 25.3 Å². The van der Waals surface area contributed by atoms with Gasteiger partial charge in [0, 0.05) is 12.3 Å². The maximum Gasteiger partial charge on any atom is 0.274 e. The molecule has 0 amide bonds. The Morgan fingerprint density at radius 1 is 1.11 bits per heavy atom. The number of hydrogen-bond acceptors (Lipinski definition) is 3. The van der Waals surface area contributed by atoms with Crippen LogP contribution < -0.4 is 0 Å². The van der Waals surface area contributed by atoms with Crippen LogP contribution in [0.15, 0.2) is 47.5 Å². The third-order valence-electron chi connectivity index (χ3n) is 3.00. The zero-order valence-electron chi connectivity index (χ0n) is 10.8. The van der Waals surface area contributed by atoms with Crippen LogP contribution >= 0.6 is 0 Å². The van der Waals surface area contributed by atoms with Crippen molar-refractivity contribution in [3.8, 4) is 0 Å². The summed E-state index contributed by atoms with van der Waals surface area (Å²) in [6.45, 7) is 3.71. The minimum absolute atomic E-state index is 0.0967. The van der Waals surface area contributed by atoms with Crippen LogP contribution in [0.2, 0.25) is 0 Å². The third-order valence-corrected chi connectivity index (χ3v) is 3.00. The lowest BCUT2D eigenvalue weighted by molar-refractivity contribution is -0.385. The monoisotopic (exact) mass is 254 g/mol. The van der Waals surface area contributed by atoms with Crippen molar-refractivity contribution < 1.29 is 4.92 Å². The molecule has 0 bridgehead atoms. The van der Waals surface area contributed by atoms with Gasteiger partial charge in [0.15, 0.2) is 0 Å². The summed E-state index contributed by atoms with van der Waals surface area (Å²) < 4.78 is 0. The second-order valence-corrected chi connectivity index (χ2v) is 4.29. The molecule has 0 radical (unpaired) electrons. The first-order chi connectivity index (χ1) is 9.09. The molecule has 0 saturated carbocycles. The van der Waals surface area contributed by atoms with Crippen LogP contribution in [-0.4, -0.2) is 11.1 Å². The zero-order chi connectivity index (χ0) is 13.8. The van der Waals surface area contributed by atoms with Crippen molar-refractivity contribution in [1.29, 1.82) is 0 Å². The molecular weight excluding hydrogens is 240 g/mol. The highest BCUT2D eigenvalue weighted by Gasteiger charge is 2.12. The molecule has 0 N–H and O–H groups in total. The molecule has 0 aliphatic carbocycles. The van der Waals surface area contributed by atoms with E-state index < -0.39 is 0 Å². The fourth-order valence-electron chi connectivity index (χ4n) is 1.82. The summed E-state index contributed by atoms with van der Waals surface area (Å²) >= 11 is 0. The van der Waals surface area contributed by atoms with Crippen molar-refractivity contribution in [2.24, 2.45) is 4.99 Å². The first-order valence-corrected chi connectivity index (χ1v) is 5.93. The lowest BCUT2D eigenvalue weighted by Crippen LogP contribution is -1.91. The largest absolute Gasteiger partial charge is 0.274 e. The van der Waals surface area contributed by atoms with E-state index in [1.807, 2.05) is 31.2 Å². The predicted octanol–water partition coefficient (Wildman–Crippen LogP) is 3.96. The molecule has 4 heteroatoms. The second-order valence-electron chi connectivity index (χ2n) is 4.29. The van der Waals surface area contributed by atoms with Crippen molar-refractivity contribution in [1.82, 2.24) is 0 Å². The minimum Gasteiger partial charge on any atom is -0.258 e. The van der Waals surface area contributed by atoms with E-state index >= 15 is 0 Å². The summed E-state index contributed by atoms with van der Waals surface area (Å²) in [7, 11) is 0. The molecule has 2 rings (SSSR count). The average molecular weight is 254 g/mol. The first kappa shape index (κ1) is 13.0. The van der Waals surface area contributed by atoms with Crippen LogP contribution in [0.5, 0.6) is 0 Å². The van der Waals surface area contributed by atoms with Gasteiger partial charge in [-0.1, -0.05) is 30.3 Å². The van der Waals surface area contributed by atoms with Gasteiger partial charge in [0.25, 0.3) is 5.69 Å². The number of benzene rings is 2. The Bertz CT molecular complexity index is 648. The molecule has 0 aliphatic rings. The van der Waals surface area contributed by atoms with Gasteiger partial charge in [-0.25, -0.2) is 0 Å². The zero-order valence-corrected chi connectivity index (χ0v) is 10.8. The van der Waals surface area contributed by atoms with E-state index in [-0.39, 0.29) is 10.6 Å². The summed E-state index contributed by atoms with van der Waals surface area (Å²) in [6, 6.07) is 12.8. The number of hydrogen-bond donors (Lipinski definition) is 0. The smallest absolute Gasteiger partial charge is 0.258 e. The van der Waals surface area contributed by atoms with Gasteiger partial charge in [0.1, 0.15) is 0 Å². The quantitative estimate of drug-likeness (QED) is 0.473. The van der Waals surface area contributed by atoms with Crippen molar-refractivity contribution in [3.63, 3.8) is 0 Å². The third kappa shape index (κ3) is 2.85. The van der Waals surface area contributed by atoms with Crippen LogP contribution in [0.25, 0.3) is 0 Å². The van der Waals surface area contributed by atoms with Gasteiger partial charge in [0.2, 0.25) is 0 Å². The second kappa shape index (κ2) is 5.44. The van der Waals surface area contributed by atoms with Gasteiger partial charge in [-0.3, -0.25) is 15.1 Å².